The van der Waals surface area contributed by atoms with Gasteiger partial charge in [-0.15, -0.1) is 0 Å². The van der Waals surface area contributed by atoms with Crippen molar-refractivity contribution in [2.24, 2.45) is 0 Å². The fourth-order valence-corrected chi connectivity index (χ4v) is 3.78. The molecule has 0 unspecified atom stereocenters. The van der Waals surface area contributed by atoms with Crippen LogP contribution in [-0.2, 0) is 16.1 Å². The minimum Gasteiger partial charge on any atom is -0.339 e. The van der Waals surface area contributed by atoms with Gasteiger partial charge in [0.2, 0.25) is 5.91 Å². The summed E-state index contributed by atoms with van der Waals surface area (Å²) in [6.07, 6.45) is 7.43. The van der Waals surface area contributed by atoms with Crippen LogP contribution in [0.1, 0.15) is 24.0 Å². The highest BCUT2D eigenvalue weighted by atomic mass is 16.2. The number of amides is 4. The van der Waals surface area contributed by atoms with E-state index in [0.717, 1.165) is 11.1 Å². The molecule has 2 fully saturated rings. The standard InChI is InChI=1S/C22H22N4O3/c27-19(9-8-17-7-4-12-23-15-17)25-13-10-22(11-14-25)20(28)26(21(29)24-22)16-18-5-2-1-3-6-18/h1-9,12,15H,10-11,13-14,16H2,(H,24,29)/b9-8+. The van der Waals surface area contributed by atoms with Crippen LogP contribution in [0.3, 0.4) is 0 Å². The smallest absolute Gasteiger partial charge is 0.325 e. The topological polar surface area (TPSA) is 82.6 Å². The van der Waals surface area contributed by atoms with Gasteiger partial charge in [-0.3, -0.25) is 19.5 Å². The van der Waals surface area contributed by atoms with Gasteiger partial charge < -0.3 is 10.2 Å². The normalized spacial score (nSPS) is 18.5. The third-order valence-corrected chi connectivity index (χ3v) is 5.46. The minimum atomic E-state index is -0.907. The van der Waals surface area contributed by atoms with E-state index >= 15 is 0 Å². The first-order chi connectivity index (χ1) is 14.1. The first-order valence-corrected chi connectivity index (χ1v) is 9.62. The van der Waals surface area contributed by atoms with Gasteiger partial charge in [0.15, 0.2) is 0 Å². The number of hydrogen-bond donors (Lipinski definition) is 1. The molecule has 7 nitrogen and oxygen atoms in total. The van der Waals surface area contributed by atoms with E-state index < -0.39 is 5.54 Å². The van der Waals surface area contributed by atoms with Crippen molar-refractivity contribution in [1.29, 1.82) is 0 Å². The molecule has 1 spiro atoms. The Kier molecular flexibility index (Phi) is 5.12. The monoisotopic (exact) mass is 390 g/mol. The summed E-state index contributed by atoms with van der Waals surface area (Å²) in [7, 11) is 0. The van der Waals surface area contributed by atoms with E-state index in [1.807, 2.05) is 42.5 Å². The minimum absolute atomic E-state index is 0.110. The Bertz CT molecular complexity index is 935. The molecule has 2 aliphatic rings. The van der Waals surface area contributed by atoms with Gasteiger partial charge in [-0.1, -0.05) is 36.4 Å². The van der Waals surface area contributed by atoms with Crippen LogP contribution in [0.25, 0.3) is 6.08 Å². The predicted octanol–water partition coefficient (Wildman–Crippen LogP) is 2.21. The van der Waals surface area contributed by atoms with Crippen LogP contribution in [0.2, 0.25) is 0 Å². The van der Waals surface area contributed by atoms with Gasteiger partial charge in [-0.2, -0.15) is 0 Å². The zero-order valence-electron chi connectivity index (χ0n) is 16.0. The molecule has 0 radical (unpaired) electrons. The number of piperidine rings is 1. The molecule has 2 aliphatic heterocycles. The lowest BCUT2D eigenvalue weighted by Crippen LogP contribution is -2.55. The quantitative estimate of drug-likeness (QED) is 0.641. The first kappa shape index (κ1) is 18.9. The molecule has 2 saturated heterocycles. The molecular formula is C22H22N4O3. The Balaban J connectivity index is 1.38. The third-order valence-electron chi connectivity index (χ3n) is 5.46. The summed E-state index contributed by atoms with van der Waals surface area (Å²) >= 11 is 0. The fourth-order valence-electron chi connectivity index (χ4n) is 3.78. The summed E-state index contributed by atoms with van der Waals surface area (Å²) < 4.78 is 0. The largest absolute Gasteiger partial charge is 0.339 e. The van der Waals surface area contributed by atoms with Crippen molar-refractivity contribution < 1.29 is 14.4 Å². The van der Waals surface area contributed by atoms with Crippen LogP contribution in [0.4, 0.5) is 4.79 Å². The zero-order chi connectivity index (χ0) is 20.3. The van der Waals surface area contributed by atoms with Gasteiger partial charge in [0.1, 0.15) is 5.54 Å². The summed E-state index contributed by atoms with van der Waals surface area (Å²) in [6.45, 7) is 1.09. The molecule has 0 aliphatic carbocycles. The molecule has 4 amide bonds. The number of likely N-dealkylation sites (tertiary alicyclic amines) is 1. The highest BCUT2D eigenvalue weighted by Crippen LogP contribution is 2.30. The van der Waals surface area contributed by atoms with Crippen LogP contribution < -0.4 is 5.32 Å². The van der Waals surface area contributed by atoms with Crippen molar-refractivity contribution in [1.82, 2.24) is 20.1 Å². The molecule has 1 aromatic carbocycles. The molecule has 0 atom stereocenters. The van der Waals surface area contributed by atoms with E-state index in [1.54, 1.807) is 23.4 Å². The number of hydrogen-bond acceptors (Lipinski definition) is 4. The average molecular weight is 390 g/mol. The molecule has 7 heteroatoms. The second-order valence-corrected chi connectivity index (χ2v) is 7.33. The maximum absolute atomic E-state index is 13.0. The lowest BCUT2D eigenvalue weighted by molar-refractivity contribution is -0.136. The summed E-state index contributed by atoms with van der Waals surface area (Å²) in [5.74, 6) is -0.314. The number of pyridine rings is 1. The van der Waals surface area contributed by atoms with Crippen molar-refractivity contribution >= 4 is 23.9 Å². The van der Waals surface area contributed by atoms with Gasteiger partial charge >= 0.3 is 6.03 Å². The van der Waals surface area contributed by atoms with Gasteiger partial charge in [0, 0.05) is 31.6 Å². The predicted molar refractivity (Wildman–Crippen MR) is 107 cm³/mol. The number of urea groups is 1. The molecule has 0 saturated carbocycles. The number of carbonyl (C=O) groups is 3. The van der Waals surface area contributed by atoms with Crippen molar-refractivity contribution in [3.05, 3.63) is 72.1 Å². The molecule has 0 bridgehead atoms. The second kappa shape index (κ2) is 7.87. The molecule has 29 heavy (non-hydrogen) atoms. The van der Waals surface area contributed by atoms with E-state index in [9.17, 15) is 14.4 Å². The summed E-state index contributed by atoms with van der Waals surface area (Å²) in [5, 5.41) is 2.88. The van der Waals surface area contributed by atoms with E-state index in [0.29, 0.717) is 25.9 Å². The van der Waals surface area contributed by atoms with E-state index in [4.69, 9.17) is 0 Å². The van der Waals surface area contributed by atoms with Crippen LogP contribution in [-0.4, -0.2) is 51.3 Å². The van der Waals surface area contributed by atoms with Crippen LogP contribution in [0.15, 0.2) is 60.9 Å². The summed E-state index contributed by atoms with van der Waals surface area (Å²) in [6, 6.07) is 12.8. The van der Waals surface area contributed by atoms with Gasteiger partial charge in [-0.25, -0.2) is 4.79 Å². The molecule has 1 N–H and O–H groups in total. The zero-order valence-corrected chi connectivity index (χ0v) is 16.0. The lowest BCUT2D eigenvalue weighted by Gasteiger charge is -2.36. The second-order valence-electron chi connectivity index (χ2n) is 7.33. The van der Waals surface area contributed by atoms with Gasteiger partial charge in [0.25, 0.3) is 5.91 Å². The number of carbonyl (C=O) groups excluding carboxylic acids is 3. The first-order valence-electron chi connectivity index (χ1n) is 9.62. The average Bonchev–Trinajstić information content (AvgIpc) is 2.98. The number of nitrogens with one attached hydrogen (secondary N) is 1. The van der Waals surface area contributed by atoms with E-state index in [2.05, 4.69) is 10.3 Å². The van der Waals surface area contributed by atoms with Crippen LogP contribution in [0.5, 0.6) is 0 Å². The maximum Gasteiger partial charge on any atom is 0.325 e. The molecule has 3 heterocycles. The number of benzene rings is 1. The Morgan fingerprint density at radius 1 is 1.10 bits per heavy atom. The highest BCUT2D eigenvalue weighted by Gasteiger charge is 2.52. The highest BCUT2D eigenvalue weighted by molar-refractivity contribution is 6.07. The Morgan fingerprint density at radius 2 is 1.86 bits per heavy atom. The SMILES string of the molecule is O=C(/C=C/c1cccnc1)N1CCC2(CC1)NC(=O)N(Cc1ccccc1)C2=O. The molecular weight excluding hydrogens is 368 g/mol. The molecule has 148 valence electrons. The van der Waals surface area contributed by atoms with Crippen LogP contribution >= 0.6 is 0 Å². The van der Waals surface area contributed by atoms with Crippen molar-refractivity contribution in [2.45, 2.75) is 24.9 Å². The molecule has 4 rings (SSSR count). The van der Waals surface area contributed by atoms with E-state index in [1.165, 1.54) is 11.0 Å². The van der Waals surface area contributed by atoms with Crippen molar-refractivity contribution in [3.63, 3.8) is 0 Å². The van der Waals surface area contributed by atoms with Gasteiger partial charge in [0.05, 0.1) is 6.54 Å². The third kappa shape index (κ3) is 3.89. The van der Waals surface area contributed by atoms with Crippen molar-refractivity contribution in [3.8, 4) is 0 Å². The molecule has 2 aromatic rings. The maximum atomic E-state index is 13.0. The Labute approximate surface area is 169 Å². The summed E-state index contributed by atoms with van der Waals surface area (Å²) in [5.41, 5.74) is 0.848. The van der Waals surface area contributed by atoms with E-state index in [-0.39, 0.29) is 24.4 Å². The number of imide groups is 1. The Hall–Kier alpha value is -3.48. The van der Waals surface area contributed by atoms with Crippen LogP contribution in [0, 0.1) is 0 Å². The lowest BCUT2D eigenvalue weighted by atomic mass is 9.87. The summed E-state index contributed by atoms with van der Waals surface area (Å²) in [4.78, 5) is 44.9. The van der Waals surface area contributed by atoms with Gasteiger partial charge in [-0.05, 0) is 36.1 Å². The fraction of sp³-hybridized carbons (Fsp3) is 0.273. The molecule has 1 aromatic heterocycles. The number of rotatable bonds is 4. The number of aromatic nitrogens is 1. The Morgan fingerprint density at radius 3 is 2.55 bits per heavy atom. The number of nitrogens with zero attached hydrogens (tertiary/aromatic N) is 3. The van der Waals surface area contributed by atoms with Crippen molar-refractivity contribution in [2.75, 3.05) is 13.1 Å².